The van der Waals surface area contributed by atoms with Gasteiger partial charge in [0, 0.05) is 27.4 Å². The van der Waals surface area contributed by atoms with Crippen LogP contribution in [0.4, 0.5) is 0 Å². The predicted octanol–water partition coefficient (Wildman–Crippen LogP) is 4.43. The van der Waals surface area contributed by atoms with Crippen LogP contribution in [0.15, 0.2) is 58.5 Å². The Balaban J connectivity index is 1.99. The summed E-state index contributed by atoms with van der Waals surface area (Å²) in [6.07, 6.45) is 0. The van der Waals surface area contributed by atoms with Crippen molar-refractivity contribution in [1.82, 2.24) is 4.98 Å². The van der Waals surface area contributed by atoms with E-state index >= 15 is 0 Å². The molecule has 0 amide bonds. The molecule has 2 nitrogen and oxygen atoms in total. The van der Waals surface area contributed by atoms with Crippen molar-refractivity contribution < 1.29 is 0 Å². The Kier molecular flexibility index (Phi) is 3.51. The normalized spacial score (nSPS) is 11.1. The third-order valence-electron chi connectivity index (χ3n) is 3.01. The number of para-hydroxylation sites is 1. The number of hydrogen-bond acceptors (Lipinski definition) is 2. The van der Waals surface area contributed by atoms with Crippen LogP contribution in [-0.4, -0.2) is 4.98 Å². The number of nitrogens with one attached hydrogen (secondary N) is 1. The maximum absolute atomic E-state index is 6.17. The SMILES string of the molecule is NCc1c(Cl)cccc1Sc1cc2ccccc2[nH]1. The lowest BCUT2D eigenvalue weighted by atomic mass is 10.2. The zero-order chi connectivity index (χ0) is 13.2. The zero-order valence-corrected chi connectivity index (χ0v) is 11.8. The van der Waals surface area contributed by atoms with Crippen LogP contribution in [-0.2, 0) is 6.54 Å². The van der Waals surface area contributed by atoms with Gasteiger partial charge in [-0.25, -0.2) is 0 Å². The molecule has 3 aromatic rings. The second-order valence-electron chi connectivity index (χ2n) is 4.24. The first-order valence-corrected chi connectivity index (χ1v) is 7.20. The average Bonchev–Trinajstić information content (AvgIpc) is 2.81. The summed E-state index contributed by atoms with van der Waals surface area (Å²) in [7, 11) is 0. The summed E-state index contributed by atoms with van der Waals surface area (Å²) in [6.45, 7) is 0.447. The van der Waals surface area contributed by atoms with Crippen LogP contribution in [0.5, 0.6) is 0 Å². The van der Waals surface area contributed by atoms with Crippen LogP contribution in [0, 0.1) is 0 Å². The van der Waals surface area contributed by atoms with Crippen LogP contribution >= 0.6 is 23.4 Å². The molecule has 4 heteroatoms. The lowest BCUT2D eigenvalue weighted by molar-refractivity contribution is 1.03. The highest BCUT2D eigenvalue weighted by atomic mass is 35.5. The van der Waals surface area contributed by atoms with Crippen molar-refractivity contribution in [1.29, 1.82) is 0 Å². The van der Waals surface area contributed by atoms with Gasteiger partial charge in [-0.3, -0.25) is 0 Å². The Morgan fingerprint density at radius 3 is 2.74 bits per heavy atom. The molecule has 1 aromatic heterocycles. The van der Waals surface area contributed by atoms with Crippen LogP contribution in [0.2, 0.25) is 5.02 Å². The summed E-state index contributed by atoms with van der Waals surface area (Å²) in [5, 5.41) is 3.03. The van der Waals surface area contributed by atoms with E-state index in [9.17, 15) is 0 Å². The molecule has 1 heterocycles. The summed E-state index contributed by atoms with van der Waals surface area (Å²) < 4.78 is 0. The van der Waals surface area contributed by atoms with Gasteiger partial charge >= 0.3 is 0 Å². The second kappa shape index (κ2) is 5.29. The summed E-state index contributed by atoms with van der Waals surface area (Å²) in [5.41, 5.74) is 7.91. The van der Waals surface area contributed by atoms with Gasteiger partial charge in [-0.15, -0.1) is 0 Å². The minimum atomic E-state index is 0.447. The molecule has 2 aromatic carbocycles. The van der Waals surface area contributed by atoms with Crippen molar-refractivity contribution >= 4 is 34.3 Å². The topological polar surface area (TPSA) is 41.8 Å². The van der Waals surface area contributed by atoms with Gasteiger partial charge in [-0.2, -0.15) is 0 Å². The molecule has 19 heavy (non-hydrogen) atoms. The first-order valence-electron chi connectivity index (χ1n) is 6.01. The molecule has 0 aliphatic rings. The van der Waals surface area contributed by atoms with E-state index < -0.39 is 0 Å². The van der Waals surface area contributed by atoms with E-state index in [2.05, 4.69) is 23.2 Å². The summed E-state index contributed by atoms with van der Waals surface area (Å²) >= 11 is 7.83. The fourth-order valence-corrected chi connectivity index (χ4v) is 3.41. The van der Waals surface area contributed by atoms with E-state index in [0.29, 0.717) is 6.54 Å². The third kappa shape index (κ3) is 2.50. The Labute approximate surface area is 121 Å². The number of nitrogens with two attached hydrogens (primary N) is 1. The molecule has 0 radical (unpaired) electrons. The Morgan fingerprint density at radius 1 is 1.11 bits per heavy atom. The molecule has 0 bridgehead atoms. The highest BCUT2D eigenvalue weighted by Gasteiger charge is 2.08. The number of benzene rings is 2. The monoisotopic (exact) mass is 288 g/mol. The Hall–Kier alpha value is -1.42. The Morgan fingerprint density at radius 2 is 1.95 bits per heavy atom. The van der Waals surface area contributed by atoms with Crippen LogP contribution in [0.25, 0.3) is 10.9 Å². The van der Waals surface area contributed by atoms with Crippen molar-refractivity contribution in [2.45, 2.75) is 16.5 Å². The van der Waals surface area contributed by atoms with Crippen LogP contribution in [0.1, 0.15) is 5.56 Å². The molecule has 0 saturated carbocycles. The highest BCUT2D eigenvalue weighted by Crippen LogP contribution is 2.34. The molecule has 96 valence electrons. The molecular formula is C15H13ClN2S. The standard InChI is InChI=1S/C15H13ClN2S/c16-12-5-3-7-14(11(12)9-17)19-15-8-10-4-1-2-6-13(10)18-15/h1-8,18H,9,17H2. The minimum absolute atomic E-state index is 0.447. The van der Waals surface area contributed by atoms with Gasteiger partial charge in [0.25, 0.3) is 0 Å². The number of aromatic amines is 1. The molecule has 0 spiro atoms. The number of hydrogen-bond donors (Lipinski definition) is 2. The van der Waals surface area contributed by atoms with Crippen LogP contribution in [0.3, 0.4) is 0 Å². The molecule has 0 aliphatic carbocycles. The van der Waals surface area contributed by atoms with Crippen LogP contribution < -0.4 is 5.73 Å². The van der Waals surface area contributed by atoms with E-state index in [0.717, 1.165) is 26.0 Å². The maximum atomic E-state index is 6.17. The lowest BCUT2D eigenvalue weighted by Crippen LogP contribution is -1.99. The van der Waals surface area contributed by atoms with E-state index in [1.807, 2.05) is 30.3 Å². The maximum Gasteiger partial charge on any atom is 0.0781 e. The smallest absolute Gasteiger partial charge is 0.0781 e. The Bertz CT molecular complexity index is 688. The number of fused-ring (bicyclic) bond motifs is 1. The zero-order valence-electron chi connectivity index (χ0n) is 10.2. The molecule has 3 N–H and O–H groups in total. The number of aromatic nitrogens is 1. The van der Waals surface area contributed by atoms with Gasteiger partial charge in [-0.1, -0.05) is 47.6 Å². The number of H-pyrrole nitrogens is 1. The van der Waals surface area contributed by atoms with Crippen molar-refractivity contribution in [3.8, 4) is 0 Å². The average molecular weight is 289 g/mol. The fraction of sp³-hybridized carbons (Fsp3) is 0.0667. The van der Waals surface area contributed by atoms with Gasteiger partial charge in [0.1, 0.15) is 0 Å². The van der Waals surface area contributed by atoms with Crippen molar-refractivity contribution in [2.24, 2.45) is 5.73 Å². The predicted molar refractivity (Wildman–Crippen MR) is 81.8 cm³/mol. The van der Waals surface area contributed by atoms with E-state index in [1.165, 1.54) is 5.39 Å². The molecule has 0 aliphatic heterocycles. The summed E-state index contributed by atoms with van der Waals surface area (Å²) in [6, 6.07) is 16.2. The minimum Gasteiger partial charge on any atom is -0.349 e. The number of rotatable bonds is 3. The van der Waals surface area contributed by atoms with Gasteiger partial charge < -0.3 is 10.7 Å². The third-order valence-corrected chi connectivity index (χ3v) is 4.40. The van der Waals surface area contributed by atoms with Gasteiger partial charge in [0.05, 0.1) is 5.03 Å². The van der Waals surface area contributed by atoms with Crippen molar-refractivity contribution in [2.75, 3.05) is 0 Å². The first kappa shape index (κ1) is 12.6. The molecule has 3 rings (SSSR count). The first-order chi connectivity index (χ1) is 9.28. The quantitative estimate of drug-likeness (QED) is 0.748. The van der Waals surface area contributed by atoms with Gasteiger partial charge in [0.15, 0.2) is 0 Å². The fourth-order valence-electron chi connectivity index (χ4n) is 2.05. The summed E-state index contributed by atoms with van der Waals surface area (Å²) in [5.74, 6) is 0. The second-order valence-corrected chi connectivity index (χ2v) is 5.73. The number of halogens is 1. The highest BCUT2D eigenvalue weighted by molar-refractivity contribution is 7.99. The molecule has 0 atom stereocenters. The molecule has 0 unspecified atom stereocenters. The molecular weight excluding hydrogens is 276 g/mol. The largest absolute Gasteiger partial charge is 0.349 e. The lowest BCUT2D eigenvalue weighted by Gasteiger charge is -2.07. The summed E-state index contributed by atoms with van der Waals surface area (Å²) in [4.78, 5) is 4.49. The van der Waals surface area contributed by atoms with E-state index in [1.54, 1.807) is 11.8 Å². The molecule has 0 saturated heterocycles. The van der Waals surface area contributed by atoms with E-state index in [4.69, 9.17) is 17.3 Å². The van der Waals surface area contributed by atoms with Gasteiger partial charge in [0.2, 0.25) is 0 Å². The van der Waals surface area contributed by atoms with Crippen molar-refractivity contribution in [3.05, 3.63) is 59.1 Å². The van der Waals surface area contributed by atoms with E-state index in [-0.39, 0.29) is 0 Å². The van der Waals surface area contributed by atoms with Crippen molar-refractivity contribution in [3.63, 3.8) is 0 Å². The molecule has 0 fully saturated rings. The van der Waals surface area contributed by atoms with Gasteiger partial charge in [-0.05, 0) is 29.8 Å².